The highest BCUT2D eigenvalue weighted by molar-refractivity contribution is 7.10. The largest absolute Gasteiger partial charge is 0.331 e. The Morgan fingerprint density at radius 1 is 1.33 bits per heavy atom. The summed E-state index contributed by atoms with van der Waals surface area (Å²) in [6, 6.07) is 7.80. The topological polar surface area (TPSA) is 54.7 Å². The molecule has 0 saturated carbocycles. The van der Waals surface area contributed by atoms with Crippen molar-refractivity contribution in [2.75, 3.05) is 6.54 Å². The van der Waals surface area contributed by atoms with Gasteiger partial charge in [0.25, 0.3) is 11.5 Å². The molecule has 122 valence electrons. The molecule has 1 atom stereocenters. The molecule has 0 aromatic carbocycles. The van der Waals surface area contributed by atoms with Crippen LogP contribution >= 0.6 is 11.3 Å². The minimum Gasteiger partial charge on any atom is -0.331 e. The molecule has 4 heterocycles. The number of hydrogen-bond acceptors (Lipinski definition) is 4. The van der Waals surface area contributed by atoms with Gasteiger partial charge in [0.1, 0.15) is 11.2 Å². The van der Waals surface area contributed by atoms with Gasteiger partial charge in [-0.25, -0.2) is 4.98 Å². The summed E-state index contributed by atoms with van der Waals surface area (Å²) in [5.41, 5.74) is 1.35. The maximum Gasteiger partial charge on any atom is 0.270 e. The number of carbonyl (C=O) groups is 1. The van der Waals surface area contributed by atoms with E-state index in [-0.39, 0.29) is 23.1 Å². The van der Waals surface area contributed by atoms with Crippen molar-refractivity contribution < 1.29 is 4.79 Å². The smallest absolute Gasteiger partial charge is 0.270 e. The molecule has 1 fully saturated rings. The molecule has 1 aliphatic heterocycles. The first-order valence-electron chi connectivity index (χ1n) is 7.97. The monoisotopic (exact) mass is 339 g/mol. The Balaban J connectivity index is 1.75. The average molecular weight is 339 g/mol. The lowest BCUT2D eigenvalue weighted by atomic mass is 10.1. The van der Waals surface area contributed by atoms with Crippen molar-refractivity contribution in [1.82, 2.24) is 14.3 Å². The van der Waals surface area contributed by atoms with Gasteiger partial charge in [0, 0.05) is 23.8 Å². The van der Waals surface area contributed by atoms with E-state index in [2.05, 4.69) is 11.1 Å². The number of rotatable bonds is 2. The fraction of sp³-hybridized carbons (Fsp3) is 0.278. The van der Waals surface area contributed by atoms with Crippen LogP contribution in [0.4, 0.5) is 0 Å². The number of hydrogen-bond donors (Lipinski definition) is 0. The second-order valence-corrected chi connectivity index (χ2v) is 7.06. The Morgan fingerprint density at radius 2 is 2.21 bits per heavy atom. The van der Waals surface area contributed by atoms with E-state index in [4.69, 9.17) is 0 Å². The predicted molar refractivity (Wildman–Crippen MR) is 93.5 cm³/mol. The Bertz CT molecular complexity index is 962. The molecule has 4 rings (SSSR count). The van der Waals surface area contributed by atoms with Crippen LogP contribution in [0.15, 0.2) is 46.8 Å². The van der Waals surface area contributed by atoms with E-state index in [1.165, 1.54) is 15.5 Å². The fourth-order valence-electron chi connectivity index (χ4n) is 3.27. The predicted octanol–water partition coefficient (Wildman–Crippen LogP) is 3.04. The van der Waals surface area contributed by atoms with Gasteiger partial charge in [-0.15, -0.1) is 11.3 Å². The second kappa shape index (κ2) is 5.87. The van der Waals surface area contributed by atoms with Gasteiger partial charge < -0.3 is 4.90 Å². The van der Waals surface area contributed by atoms with Crippen LogP contribution < -0.4 is 5.56 Å². The molecule has 3 aromatic rings. The lowest BCUT2D eigenvalue weighted by Crippen LogP contribution is -2.35. The van der Waals surface area contributed by atoms with Crippen molar-refractivity contribution in [1.29, 1.82) is 0 Å². The van der Waals surface area contributed by atoms with Crippen LogP contribution in [0.25, 0.3) is 5.65 Å². The van der Waals surface area contributed by atoms with Crippen LogP contribution in [0, 0.1) is 6.92 Å². The molecular weight excluding hydrogens is 322 g/mol. The quantitative estimate of drug-likeness (QED) is 0.721. The normalized spacial score (nSPS) is 17.5. The zero-order valence-corrected chi connectivity index (χ0v) is 14.1. The van der Waals surface area contributed by atoms with E-state index in [0.717, 1.165) is 18.4 Å². The Kier molecular flexibility index (Phi) is 3.69. The first-order chi connectivity index (χ1) is 11.6. The SMILES string of the molecule is Cc1ccc2ncc(C(=O)N3CCCC3c3cccs3)c(=O)n2c1. The van der Waals surface area contributed by atoms with Gasteiger partial charge in [0.15, 0.2) is 0 Å². The van der Waals surface area contributed by atoms with Gasteiger partial charge in [-0.1, -0.05) is 12.1 Å². The standard InChI is InChI=1S/C18H17N3O2S/c1-12-6-7-16-19-10-13(18(23)21(16)11-12)17(22)20-8-2-4-14(20)15-5-3-9-24-15/h3,5-7,9-11,14H,2,4,8H2,1H3. The van der Waals surface area contributed by atoms with Crippen molar-refractivity contribution in [3.8, 4) is 0 Å². The molecule has 0 radical (unpaired) electrons. The molecule has 3 aromatic heterocycles. The maximum atomic E-state index is 13.0. The van der Waals surface area contributed by atoms with Crippen molar-refractivity contribution >= 4 is 22.9 Å². The summed E-state index contributed by atoms with van der Waals surface area (Å²) in [5.74, 6) is -0.223. The molecule has 1 unspecified atom stereocenters. The van der Waals surface area contributed by atoms with Gasteiger partial charge in [-0.3, -0.25) is 14.0 Å². The molecule has 1 aliphatic rings. The van der Waals surface area contributed by atoms with Crippen molar-refractivity contribution in [3.63, 3.8) is 0 Å². The number of likely N-dealkylation sites (tertiary alicyclic amines) is 1. The maximum absolute atomic E-state index is 13.0. The molecule has 0 N–H and O–H groups in total. The Labute approximate surface area is 143 Å². The van der Waals surface area contributed by atoms with Gasteiger partial charge in [0.05, 0.1) is 6.04 Å². The molecule has 24 heavy (non-hydrogen) atoms. The van der Waals surface area contributed by atoms with Crippen LogP contribution in [0.1, 0.15) is 39.7 Å². The molecule has 6 heteroatoms. The van der Waals surface area contributed by atoms with E-state index in [0.29, 0.717) is 12.2 Å². The third-order valence-corrected chi connectivity index (χ3v) is 5.44. The molecular formula is C18H17N3O2S. The summed E-state index contributed by atoms with van der Waals surface area (Å²) < 4.78 is 1.46. The summed E-state index contributed by atoms with van der Waals surface area (Å²) in [4.78, 5) is 33.0. The van der Waals surface area contributed by atoms with E-state index in [9.17, 15) is 9.59 Å². The molecule has 0 spiro atoms. The number of carbonyl (C=O) groups excluding carboxylic acids is 1. The second-order valence-electron chi connectivity index (χ2n) is 6.08. The molecule has 0 bridgehead atoms. The summed E-state index contributed by atoms with van der Waals surface area (Å²) in [6.45, 7) is 2.59. The zero-order valence-electron chi connectivity index (χ0n) is 13.3. The molecule has 0 aliphatic carbocycles. The number of aryl methyl sites for hydroxylation is 1. The average Bonchev–Trinajstić information content (AvgIpc) is 3.26. The Hall–Kier alpha value is -2.47. The van der Waals surface area contributed by atoms with Crippen LogP contribution in [-0.2, 0) is 0 Å². The molecule has 1 saturated heterocycles. The number of nitrogens with zero attached hydrogens (tertiary/aromatic N) is 3. The Morgan fingerprint density at radius 3 is 3.00 bits per heavy atom. The van der Waals surface area contributed by atoms with Crippen molar-refractivity contribution in [2.45, 2.75) is 25.8 Å². The van der Waals surface area contributed by atoms with Crippen LogP contribution in [0.3, 0.4) is 0 Å². The lowest BCUT2D eigenvalue weighted by Gasteiger charge is -2.23. The third-order valence-electron chi connectivity index (χ3n) is 4.47. The summed E-state index contributed by atoms with van der Waals surface area (Å²) in [6.07, 6.45) is 5.03. The summed E-state index contributed by atoms with van der Waals surface area (Å²) in [7, 11) is 0. The van der Waals surface area contributed by atoms with Crippen LogP contribution in [-0.4, -0.2) is 26.7 Å². The number of thiophene rings is 1. The summed E-state index contributed by atoms with van der Waals surface area (Å²) >= 11 is 1.65. The van der Waals surface area contributed by atoms with Gasteiger partial charge in [-0.05, 0) is 42.8 Å². The minimum atomic E-state index is -0.300. The molecule has 1 amide bonds. The first kappa shape index (κ1) is 15.1. The van der Waals surface area contributed by atoms with E-state index in [1.54, 1.807) is 23.6 Å². The lowest BCUT2D eigenvalue weighted by molar-refractivity contribution is 0.0735. The third kappa shape index (κ3) is 2.43. The highest BCUT2D eigenvalue weighted by Crippen LogP contribution is 2.35. The fourth-order valence-corrected chi connectivity index (χ4v) is 4.14. The number of aromatic nitrogens is 2. The van der Waals surface area contributed by atoms with Crippen LogP contribution in [0.5, 0.6) is 0 Å². The van der Waals surface area contributed by atoms with Gasteiger partial charge >= 0.3 is 0 Å². The van der Waals surface area contributed by atoms with Crippen molar-refractivity contribution in [3.05, 3.63) is 68.4 Å². The minimum absolute atomic E-state index is 0.0649. The summed E-state index contributed by atoms with van der Waals surface area (Å²) in [5, 5.41) is 2.02. The molecule has 5 nitrogen and oxygen atoms in total. The van der Waals surface area contributed by atoms with E-state index < -0.39 is 0 Å². The van der Waals surface area contributed by atoms with E-state index >= 15 is 0 Å². The highest BCUT2D eigenvalue weighted by atomic mass is 32.1. The highest BCUT2D eigenvalue weighted by Gasteiger charge is 2.32. The number of pyridine rings is 1. The van der Waals surface area contributed by atoms with Crippen molar-refractivity contribution in [2.24, 2.45) is 0 Å². The van der Waals surface area contributed by atoms with Gasteiger partial charge in [0.2, 0.25) is 0 Å². The van der Waals surface area contributed by atoms with E-state index in [1.807, 2.05) is 29.3 Å². The number of fused-ring (bicyclic) bond motifs is 1. The van der Waals surface area contributed by atoms with Gasteiger partial charge in [-0.2, -0.15) is 0 Å². The number of amides is 1. The van der Waals surface area contributed by atoms with Crippen LogP contribution in [0.2, 0.25) is 0 Å². The zero-order chi connectivity index (χ0) is 16.7. The first-order valence-corrected chi connectivity index (χ1v) is 8.85.